The molecular formula is C20H18FN3O2S2. The van der Waals surface area contributed by atoms with Crippen molar-refractivity contribution in [1.82, 2.24) is 9.88 Å². The Morgan fingerprint density at radius 1 is 1.25 bits per heavy atom. The molecule has 1 saturated heterocycles. The van der Waals surface area contributed by atoms with Gasteiger partial charge in [-0.2, -0.15) is 0 Å². The fourth-order valence-corrected chi connectivity index (χ4v) is 4.92. The molecule has 0 unspecified atom stereocenters. The molecule has 5 nitrogen and oxygen atoms in total. The Bertz CT molecular complexity index is 1050. The molecule has 3 heterocycles. The second-order valence-electron chi connectivity index (χ2n) is 6.35. The summed E-state index contributed by atoms with van der Waals surface area (Å²) in [5.74, 6) is 7.92. The quantitative estimate of drug-likeness (QED) is 0.404. The van der Waals surface area contributed by atoms with Gasteiger partial charge >= 0.3 is 0 Å². The lowest BCUT2D eigenvalue weighted by atomic mass is 10.3. The van der Waals surface area contributed by atoms with Crippen LogP contribution in [0.5, 0.6) is 11.5 Å². The SMILES string of the molecule is Nc1ccc(Oc2ccnc3cc(C#CCN4CC[S+]([O-])CC4)sc23)c(F)c1. The van der Waals surface area contributed by atoms with Gasteiger partial charge in [-0.15, -0.1) is 11.3 Å². The van der Waals surface area contributed by atoms with E-state index in [1.807, 2.05) is 6.07 Å². The van der Waals surface area contributed by atoms with Crippen molar-refractivity contribution in [3.8, 4) is 23.3 Å². The van der Waals surface area contributed by atoms with Gasteiger partial charge in [-0.3, -0.25) is 9.88 Å². The highest BCUT2D eigenvalue weighted by molar-refractivity contribution is 7.91. The largest absolute Gasteiger partial charge is 0.616 e. The highest BCUT2D eigenvalue weighted by atomic mass is 32.2. The maximum absolute atomic E-state index is 14.0. The molecule has 1 fully saturated rings. The van der Waals surface area contributed by atoms with Crippen LogP contribution < -0.4 is 10.5 Å². The minimum Gasteiger partial charge on any atom is -0.616 e. The van der Waals surface area contributed by atoms with E-state index in [-0.39, 0.29) is 5.75 Å². The van der Waals surface area contributed by atoms with E-state index < -0.39 is 17.0 Å². The average Bonchev–Trinajstić information content (AvgIpc) is 3.09. The van der Waals surface area contributed by atoms with E-state index in [9.17, 15) is 8.94 Å². The van der Waals surface area contributed by atoms with Crippen LogP contribution in [0.3, 0.4) is 0 Å². The molecule has 144 valence electrons. The normalized spacial score (nSPS) is 15.4. The summed E-state index contributed by atoms with van der Waals surface area (Å²) in [5.41, 5.74) is 6.69. The van der Waals surface area contributed by atoms with Crippen LogP contribution in [0.1, 0.15) is 4.88 Å². The number of pyridine rings is 1. The summed E-state index contributed by atoms with van der Waals surface area (Å²) >= 11 is 0.784. The molecule has 2 aromatic heterocycles. The van der Waals surface area contributed by atoms with Gasteiger partial charge in [-0.1, -0.05) is 23.0 Å². The van der Waals surface area contributed by atoms with Gasteiger partial charge in [-0.25, -0.2) is 4.39 Å². The number of nitrogens with two attached hydrogens (primary N) is 1. The molecule has 1 aliphatic rings. The second-order valence-corrected chi connectivity index (χ2v) is 9.10. The highest BCUT2D eigenvalue weighted by Crippen LogP contribution is 2.35. The average molecular weight is 416 g/mol. The number of anilines is 1. The highest BCUT2D eigenvalue weighted by Gasteiger charge is 2.18. The number of nitrogen functional groups attached to an aromatic ring is 1. The summed E-state index contributed by atoms with van der Waals surface area (Å²) in [6, 6.07) is 7.95. The molecule has 2 N–H and O–H groups in total. The number of benzene rings is 1. The number of ether oxygens (including phenoxy) is 1. The molecule has 0 amide bonds. The summed E-state index contributed by atoms with van der Waals surface area (Å²) in [7, 11) is 0. The van der Waals surface area contributed by atoms with Crippen molar-refractivity contribution in [1.29, 1.82) is 0 Å². The third kappa shape index (κ3) is 4.39. The predicted octanol–water partition coefficient (Wildman–Crippen LogP) is 3.23. The smallest absolute Gasteiger partial charge is 0.167 e. The minimum absolute atomic E-state index is 0.116. The van der Waals surface area contributed by atoms with Crippen LogP contribution in [0.15, 0.2) is 36.5 Å². The van der Waals surface area contributed by atoms with Crippen molar-refractivity contribution in [2.45, 2.75) is 0 Å². The third-order valence-corrected chi connectivity index (χ3v) is 6.67. The lowest BCUT2D eigenvalue weighted by molar-refractivity contribution is 0.332. The molecule has 0 aliphatic carbocycles. The second kappa shape index (κ2) is 8.37. The standard InChI is InChI=1S/C20H18FN3O2S2/c21-16-12-14(22)3-4-18(16)26-19-5-6-23-17-13-15(27-20(17)19)2-1-7-24-8-10-28(25)11-9-24/h3-6,12-13H,7-11,22H2. The first-order valence-corrected chi connectivity index (χ1v) is 11.1. The predicted molar refractivity (Wildman–Crippen MR) is 112 cm³/mol. The number of halogens is 1. The van der Waals surface area contributed by atoms with Gasteiger partial charge in [-0.05, 0) is 18.2 Å². The summed E-state index contributed by atoms with van der Waals surface area (Å²) in [5, 5.41) is 0. The van der Waals surface area contributed by atoms with Gasteiger partial charge < -0.3 is 15.0 Å². The lowest BCUT2D eigenvalue weighted by Crippen LogP contribution is -2.40. The molecule has 0 bridgehead atoms. The molecule has 1 aliphatic heterocycles. The Balaban J connectivity index is 1.52. The molecule has 0 atom stereocenters. The Morgan fingerprint density at radius 3 is 2.86 bits per heavy atom. The summed E-state index contributed by atoms with van der Waals surface area (Å²) in [6.07, 6.45) is 1.63. The van der Waals surface area contributed by atoms with E-state index in [1.165, 1.54) is 23.5 Å². The Hall–Kier alpha value is -2.31. The van der Waals surface area contributed by atoms with Crippen LogP contribution in [0.25, 0.3) is 10.2 Å². The number of aromatic nitrogens is 1. The van der Waals surface area contributed by atoms with Gasteiger partial charge in [0.15, 0.2) is 11.6 Å². The molecular weight excluding hydrogens is 397 g/mol. The number of nitrogens with zero attached hydrogens (tertiary/aromatic N) is 2. The minimum atomic E-state index is -0.679. The topological polar surface area (TPSA) is 74.4 Å². The lowest BCUT2D eigenvalue weighted by Gasteiger charge is -2.26. The van der Waals surface area contributed by atoms with Gasteiger partial charge in [0, 0.05) is 37.1 Å². The third-order valence-electron chi connectivity index (χ3n) is 4.34. The molecule has 28 heavy (non-hydrogen) atoms. The van der Waals surface area contributed by atoms with Gasteiger partial charge in [0.2, 0.25) is 0 Å². The van der Waals surface area contributed by atoms with Crippen molar-refractivity contribution in [3.63, 3.8) is 0 Å². The zero-order valence-corrected chi connectivity index (χ0v) is 16.6. The first-order valence-electron chi connectivity index (χ1n) is 8.76. The monoisotopic (exact) mass is 415 g/mol. The number of rotatable bonds is 3. The first-order chi connectivity index (χ1) is 13.6. The summed E-state index contributed by atoms with van der Waals surface area (Å²) in [4.78, 5) is 7.43. The van der Waals surface area contributed by atoms with E-state index in [2.05, 4.69) is 21.7 Å². The zero-order chi connectivity index (χ0) is 19.5. The Morgan fingerprint density at radius 2 is 2.07 bits per heavy atom. The number of fused-ring (bicyclic) bond motifs is 1. The molecule has 0 spiro atoms. The van der Waals surface area contributed by atoms with Crippen molar-refractivity contribution >= 4 is 38.4 Å². The van der Waals surface area contributed by atoms with E-state index in [0.29, 0.717) is 18.0 Å². The van der Waals surface area contributed by atoms with E-state index in [4.69, 9.17) is 10.5 Å². The fourth-order valence-electron chi connectivity index (χ4n) is 2.85. The molecule has 1 aromatic carbocycles. The van der Waals surface area contributed by atoms with Crippen molar-refractivity contribution < 1.29 is 13.7 Å². The Labute approximate surface area is 169 Å². The zero-order valence-electron chi connectivity index (χ0n) is 15.0. The number of hydrogen-bond donors (Lipinski definition) is 1. The first kappa shape index (κ1) is 19.0. The van der Waals surface area contributed by atoms with Crippen molar-refractivity contribution in [2.24, 2.45) is 0 Å². The van der Waals surface area contributed by atoms with Crippen molar-refractivity contribution in [3.05, 3.63) is 47.2 Å². The van der Waals surface area contributed by atoms with Crippen LogP contribution in [0.2, 0.25) is 0 Å². The molecule has 0 radical (unpaired) electrons. The maximum Gasteiger partial charge on any atom is 0.167 e. The van der Waals surface area contributed by atoms with E-state index >= 15 is 0 Å². The fraction of sp³-hybridized carbons (Fsp3) is 0.250. The van der Waals surface area contributed by atoms with Gasteiger partial charge in [0.1, 0.15) is 17.3 Å². The summed E-state index contributed by atoms with van der Waals surface area (Å²) < 4.78 is 32.0. The van der Waals surface area contributed by atoms with Crippen LogP contribution in [0, 0.1) is 17.7 Å². The van der Waals surface area contributed by atoms with Crippen molar-refractivity contribution in [2.75, 3.05) is 36.9 Å². The maximum atomic E-state index is 14.0. The van der Waals surface area contributed by atoms with E-state index in [0.717, 1.165) is 39.7 Å². The molecule has 0 saturated carbocycles. The number of thiophene rings is 1. The van der Waals surface area contributed by atoms with Crippen LogP contribution in [-0.2, 0) is 11.2 Å². The van der Waals surface area contributed by atoms with Crippen LogP contribution >= 0.6 is 11.3 Å². The van der Waals surface area contributed by atoms with Crippen LogP contribution in [-0.4, -0.2) is 45.6 Å². The Kier molecular flexibility index (Phi) is 5.69. The van der Waals surface area contributed by atoms with E-state index in [1.54, 1.807) is 18.3 Å². The molecule has 4 rings (SSSR count). The van der Waals surface area contributed by atoms with Crippen LogP contribution in [0.4, 0.5) is 10.1 Å². The molecule has 3 aromatic rings. The van der Waals surface area contributed by atoms with Gasteiger partial charge in [0.25, 0.3) is 0 Å². The summed E-state index contributed by atoms with van der Waals surface area (Å²) in [6.45, 7) is 2.29. The number of hydrogen-bond acceptors (Lipinski definition) is 6. The molecule has 8 heteroatoms. The van der Waals surface area contributed by atoms with Gasteiger partial charge in [0.05, 0.1) is 21.6 Å².